The molecule has 4 nitrogen and oxygen atoms in total. The van der Waals surface area contributed by atoms with Gasteiger partial charge in [-0.2, -0.15) is 0 Å². The highest BCUT2D eigenvalue weighted by Crippen LogP contribution is 2.25. The van der Waals surface area contributed by atoms with Crippen molar-refractivity contribution < 1.29 is 19.7 Å². The number of Topliss-reactive ketones (excluding diaryl/α,β-unsaturated/α-hetero) is 1. The van der Waals surface area contributed by atoms with Gasteiger partial charge in [0.2, 0.25) is 0 Å². The minimum absolute atomic E-state index is 0.196. The summed E-state index contributed by atoms with van der Waals surface area (Å²) in [5.41, 5.74) is 0. The van der Waals surface area contributed by atoms with Gasteiger partial charge in [0.15, 0.2) is 5.78 Å². The Morgan fingerprint density at radius 2 is 1.77 bits per heavy atom. The van der Waals surface area contributed by atoms with E-state index in [-0.39, 0.29) is 11.7 Å². The van der Waals surface area contributed by atoms with E-state index in [2.05, 4.69) is 0 Å². The molecule has 2 unspecified atom stereocenters. The fourth-order valence-corrected chi connectivity index (χ4v) is 1.63. The highest BCUT2D eigenvalue weighted by Gasteiger charge is 2.41. The molecule has 0 saturated carbocycles. The molecule has 1 aliphatic rings. The number of hydrogen-bond donors (Lipinski definition) is 2. The number of aliphatic hydroxyl groups excluding tert-OH is 2. The van der Waals surface area contributed by atoms with E-state index in [0.29, 0.717) is 0 Å². The summed E-state index contributed by atoms with van der Waals surface area (Å²) in [4.78, 5) is 11.0. The number of carbonyl (C=O) groups excluding carboxylic acids is 1. The van der Waals surface area contributed by atoms with Crippen molar-refractivity contribution in [1.82, 2.24) is 0 Å². The number of ether oxygens (including phenoxy) is 1. The van der Waals surface area contributed by atoms with E-state index in [4.69, 9.17) is 4.74 Å². The summed E-state index contributed by atoms with van der Waals surface area (Å²) in [7, 11) is 0. The molecule has 1 heterocycles. The summed E-state index contributed by atoms with van der Waals surface area (Å²) in [6.45, 7) is 4.79. The molecule has 1 rings (SSSR count). The van der Waals surface area contributed by atoms with Crippen molar-refractivity contribution in [2.45, 2.75) is 45.2 Å². The van der Waals surface area contributed by atoms with Gasteiger partial charge in [0.05, 0.1) is 18.3 Å². The standard InChI is InChI=1S/C9H16O4/c1-4-7(11)6(3)13-9(5(2)10)8(4)12/h4,6-9,11-12H,1-3H3/t4-,6?,7?,8-,9-/m1/s1. The van der Waals surface area contributed by atoms with Crippen molar-refractivity contribution >= 4 is 5.78 Å². The predicted molar refractivity (Wildman–Crippen MR) is 46.2 cm³/mol. The summed E-state index contributed by atoms with van der Waals surface area (Å²) < 4.78 is 5.19. The van der Waals surface area contributed by atoms with Gasteiger partial charge in [-0.15, -0.1) is 0 Å². The number of ketones is 1. The first-order chi connectivity index (χ1) is 5.95. The lowest BCUT2D eigenvalue weighted by atomic mass is 9.87. The molecule has 0 amide bonds. The quantitative estimate of drug-likeness (QED) is 0.594. The highest BCUT2D eigenvalue weighted by molar-refractivity contribution is 5.81. The molecule has 76 valence electrons. The largest absolute Gasteiger partial charge is 0.390 e. The molecule has 1 aliphatic heterocycles. The molecule has 0 aromatic carbocycles. The van der Waals surface area contributed by atoms with Gasteiger partial charge in [0.25, 0.3) is 0 Å². The Kier molecular flexibility index (Phi) is 3.05. The fraction of sp³-hybridized carbons (Fsp3) is 0.889. The number of rotatable bonds is 1. The number of aliphatic hydroxyl groups is 2. The normalized spacial score (nSPS) is 46.1. The van der Waals surface area contributed by atoms with Crippen molar-refractivity contribution in [1.29, 1.82) is 0 Å². The zero-order valence-electron chi connectivity index (χ0n) is 8.10. The van der Waals surface area contributed by atoms with Crippen LogP contribution in [-0.4, -0.2) is 40.4 Å². The molecule has 1 fully saturated rings. The van der Waals surface area contributed by atoms with Gasteiger partial charge in [0, 0.05) is 5.92 Å². The lowest BCUT2D eigenvalue weighted by molar-refractivity contribution is -0.192. The molecular weight excluding hydrogens is 172 g/mol. The average Bonchev–Trinajstić information content (AvgIpc) is 2.07. The van der Waals surface area contributed by atoms with E-state index >= 15 is 0 Å². The number of hydrogen-bond acceptors (Lipinski definition) is 4. The lowest BCUT2D eigenvalue weighted by Crippen LogP contribution is -2.54. The van der Waals surface area contributed by atoms with E-state index in [1.165, 1.54) is 6.92 Å². The van der Waals surface area contributed by atoms with E-state index in [1.807, 2.05) is 0 Å². The maximum atomic E-state index is 11.0. The van der Waals surface area contributed by atoms with Crippen molar-refractivity contribution in [2.75, 3.05) is 0 Å². The van der Waals surface area contributed by atoms with E-state index in [1.54, 1.807) is 13.8 Å². The Labute approximate surface area is 77.5 Å². The van der Waals surface area contributed by atoms with Crippen LogP contribution in [-0.2, 0) is 9.53 Å². The molecule has 2 N–H and O–H groups in total. The third-order valence-corrected chi connectivity index (χ3v) is 2.63. The second-order valence-electron chi connectivity index (χ2n) is 3.71. The van der Waals surface area contributed by atoms with Gasteiger partial charge in [-0.1, -0.05) is 6.92 Å². The lowest BCUT2D eigenvalue weighted by Gasteiger charge is -2.39. The molecule has 0 aliphatic carbocycles. The maximum Gasteiger partial charge on any atom is 0.161 e. The Hall–Kier alpha value is -0.450. The highest BCUT2D eigenvalue weighted by atomic mass is 16.5. The molecule has 1 saturated heterocycles. The van der Waals surface area contributed by atoms with Crippen molar-refractivity contribution in [3.63, 3.8) is 0 Å². The first-order valence-corrected chi connectivity index (χ1v) is 4.47. The summed E-state index contributed by atoms with van der Waals surface area (Å²) >= 11 is 0. The fourth-order valence-electron chi connectivity index (χ4n) is 1.63. The minimum atomic E-state index is -0.899. The second-order valence-corrected chi connectivity index (χ2v) is 3.71. The monoisotopic (exact) mass is 188 g/mol. The second kappa shape index (κ2) is 3.74. The number of carbonyl (C=O) groups is 1. The van der Waals surface area contributed by atoms with Crippen LogP contribution in [0, 0.1) is 5.92 Å². The van der Waals surface area contributed by atoms with Crippen LogP contribution in [0.5, 0.6) is 0 Å². The zero-order chi connectivity index (χ0) is 10.2. The molecule has 0 radical (unpaired) electrons. The molecule has 0 spiro atoms. The Morgan fingerprint density at radius 1 is 1.23 bits per heavy atom. The molecule has 5 atom stereocenters. The van der Waals surface area contributed by atoms with E-state index in [0.717, 1.165) is 0 Å². The first kappa shape index (κ1) is 10.6. The van der Waals surface area contributed by atoms with Crippen LogP contribution in [0.15, 0.2) is 0 Å². The van der Waals surface area contributed by atoms with Gasteiger partial charge in [-0.25, -0.2) is 0 Å². The first-order valence-electron chi connectivity index (χ1n) is 4.47. The molecule has 0 bridgehead atoms. The molecule has 0 aromatic rings. The van der Waals surface area contributed by atoms with Gasteiger partial charge >= 0.3 is 0 Å². The third-order valence-electron chi connectivity index (χ3n) is 2.63. The Balaban J connectivity index is 2.76. The molecule has 0 aromatic heterocycles. The van der Waals surface area contributed by atoms with Crippen LogP contribution < -0.4 is 0 Å². The van der Waals surface area contributed by atoms with Crippen LogP contribution in [0.3, 0.4) is 0 Å². The van der Waals surface area contributed by atoms with Gasteiger partial charge in [-0.3, -0.25) is 4.79 Å². The van der Waals surface area contributed by atoms with Gasteiger partial charge < -0.3 is 14.9 Å². The zero-order valence-corrected chi connectivity index (χ0v) is 8.10. The van der Waals surface area contributed by atoms with Crippen molar-refractivity contribution in [3.05, 3.63) is 0 Å². The SMILES string of the molecule is CC(=O)[C@H]1OC(C)C(O)[C@@H](C)[C@H]1O. The van der Waals surface area contributed by atoms with Crippen LogP contribution >= 0.6 is 0 Å². The van der Waals surface area contributed by atoms with Crippen LogP contribution in [0.1, 0.15) is 20.8 Å². The summed E-state index contributed by atoms with van der Waals surface area (Å²) in [6.07, 6.45) is -2.78. The summed E-state index contributed by atoms with van der Waals surface area (Å²) in [5.74, 6) is -0.518. The average molecular weight is 188 g/mol. The van der Waals surface area contributed by atoms with Crippen LogP contribution in [0.4, 0.5) is 0 Å². The van der Waals surface area contributed by atoms with Crippen LogP contribution in [0.25, 0.3) is 0 Å². The van der Waals surface area contributed by atoms with Crippen molar-refractivity contribution in [2.24, 2.45) is 5.92 Å². The Morgan fingerprint density at radius 3 is 2.23 bits per heavy atom. The van der Waals surface area contributed by atoms with E-state index in [9.17, 15) is 15.0 Å². The maximum absolute atomic E-state index is 11.0. The minimum Gasteiger partial charge on any atom is -0.390 e. The predicted octanol–water partition coefficient (Wildman–Crippen LogP) is -0.279. The summed E-state index contributed by atoms with van der Waals surface area (Å²) in [5, 5.41) is 19.1. The topological polar surface area (TPSA) is 66.8 Å². The van der Waals surface area contributed by atoms with Gasteiger partial charge in [-0.05, 0) is 13.8 Å². The van der Waals surface area contributed by atoms with E-state index < -0.39 is 24.4 Å². The van der Waals surface area contributed by atoms with Crippen molar-refractivity contribution in [3.8, 4) is 0 Å². The van der Waals surface area contributed by atoms with Crippen LogP contribution in [0.2, 0.25) is 0 Å². The molecule has 13 heavy (non-hydrogen) atoms. The summed E-state index contributed by atoms with van der Waals surface area (Å²) in [6, 6.07) is 0. The molecular formula is C9H16O4. The Bertz CT molecular complexity index is 204. The third kappa shape index (κ3) is 1.90. The smallest absolute Gasteiger partial charge is 0.161 e. The van der Waals surface area contributed by atoms with Gasteiger partial charge in [0.1, 0.15) is 6.10 Å². The molecule has 4 heteroatoms.